The maximum Gasteiger partial charge on any atom is 0.234 e. The number of aliphatic hydroxyl groups excluding tert-OH is 1. The van der Waals surface area contributed by atoms with Gasteiger partial charge in [-0.05, 0) is 25.7 Å². The van der Waals surface area contributed by atoms with E-state index in [0.29, 0.717) is 19.0 Å². The van der Waals surface area contributed by atoms with Crippen LogP contribution >= 0.6 is 0 Å². The summed E-state index contributed by atoms with van der Waals surface area (Å²) < 4.78 is 0. The van der Waals surface area contributed by atoms with Gasteiger partial charge >= 0.3 is 0 Å². The van der Waals surface area contributed by atoms with Crippen molar-refractivity contribution in [2.24, 2.45) is 0 Å². The molecule has 1 fully saturated rings. The van der Waals surface area contributed by atoms with E-state index in [1.54, 1.807) is 0 Å². The van der Waals surface area contributed by atoms with Crippen LogP contribution in [-0.2, 0) is 4.79 Å². The molecule has 0 aliphatic heterocycles. The van der Waals surface area contributed by atoms with Crippen molar-refractivity contribution in [1.82, 2.24) is 10.6 Å². The van der Waals surface area contributed by atoms with E-state index in [9.17, 15) is 4.79 Å². The Morgan fingerprint density at radius 1 is 1.57 bits per heavy atom. The van der Waals surface area contributed by atoms with Gasteiger partial charge in [0.25, 0.3) is 0 Å². The zero-order valence-electron chi connectivity index (χ0n) is 8.75. The monoisotopic (exact) mass is 200 g/mol. The van der Waals surface area contributed by atoms with Gasteiger partial charge in [-0.15, -0.1) is 0 Å². The zero-order chi connectivity index (χ0) is 10.4. The molecule has 0 aromatic carbocycles. The molecule has 1 saturated carbocycles. The molecule has 3 N–H and O–H groups in total. The number of aliphatic hydroxyl groups is 1. The highest BCUT2D eigenvalue weighted by atomic mass is 16.3. The summed E-state index contributed by atoms with van der Waals surface area (Å²) in [5.41, 5.74) is 0. The van der Waals surface area contributed by atoms with Crippen molar-refractivity contribution in [2.45, 2.75) is 44.7 Å². The van der Waals surface area contributed by atoms with Crippen molar-refractivity contribution in [1.29, 1.82) is 0 Å². The van der Waals surface area contributed by atoms with Crippen LogP contribution in [0, 0.1) is 0 Å². The Morgan fingerprint density at radius 3 is 2.79 bits per heavy atom. The summed E-state index contributed by atoms with van der Waals surface area (Å²) in [5.74, 6) is 0.0730. The summed E-state index contributed by atoms with van der Waals surface area (Å²) in [4.78, 5) is 11.3. The molecule has 0 bridgehead atoms. The number of amides is 1. The Morgan fingerprint density at radius 2 is 2.29 bits per heavy atom. The smallest absolute Gasteiger partial charge is 0.234 e. The van der Waals surface area contributed by atoms with E-state index >= 15 is 0 Å². The van der Waals surface area contributed by atoms with Gasteiger partial charge in [-0.2, -0.15) is 0 Å². The van der Waals surface area contributed by atoms with Gasteiger partial charge in [0.2, 0.25) is 5.91 Å². The van der Waals surface area contributed by atoms with Gasteiger partial charge in [0.05, 0.1) is 6.54 Å². The second-order valence-corrected chi connectivity index (χ2v) is 3.84. The van der Waals surface area contributed by atoms with Gasteiger partial charge in [0.15, 0.2) is 0 Å². The first-order valence-electron chi connectivity index (χ1n) is 5.39. The Labute approximate surface area is 85.1 Å². The first-order chi connectivity index (χ1) is 6.76. The molecule has 1 rings (SSSR count). The summed E-state index contributed by atoms with van der Waals surface area (Å²) in [6.07, 6.45) is 3.91. The molecule has 4 nitrogen and oxygen atoms in total. The fourth-order valence-electron chi connectivity index (χ4n) is 1.35. The molecule has 1 aliphatic rings. The van der Waals surface area contributed by atoms with Crippen LogP contribution < -0.4 is 10.6 Å². The van der Waals surface area contributed by atoms with Crippen LogP contribution in [0.3, 0.4) is 0 Å². The molecule has 0 saturated heterocycles. The first kappa shape index (κ1) is 11.5. The average molecular weight is 200 g/mol. The van der Waals surface area contributed by atoms with Crippen LogP contribution in [0.1, 0.15) is 32.6 Å². The molecule has 0 aromatic heterocycles. The molecular formula is C10H20N2O2. The molecule has 1 atom stereocenters. The molecule has 1 amide bonds. The third kappa shape index (κ3) is 4.58. The summed E-state index contributed by atoms with van der Waals surface area (Å²) in [7, 11) is 0. The van der Waals surface area contributed by atoms with Crippen molar-refractivity contribution in [3.8, 4) is 0 Å². The SMILES string of the molecule is CCC(CCO)NCC(=O)NC1CC1. The molecule has 14 heavy (non-hydrogen) atoms. The zero-order valence-corrected chi connectivity index (χ0v) is 8.75. The van der Waals surface area contributed by atoms with E-state index in [1.165, 1.54) is 0 Å². The molecule has 0 aromatic rings. The van der Waals surface area contributed by atoms with Crippen molar-refractivity contribution >= 4 is 5.91 Å². The second-order valence-electron chi connectivity index (χ2n) is 3.84. The molecule has 1 aliphatic carbocycles. The second kappa shape index (κ2) is 5.98. The Kier molecular flexibility index (Phi) is 4.90. The van der Waals surface area contributed by atoms with Crippen LogP contribution in [0.25, 0.3) is 0 Å². The maximum atomic E-state index is 11.3. The number of carbonyl (C=O) groups is 1. The lowest BCUT2D eigenvalue weighted by Gasteiger charge is -2.15. The normalized spacial score (nSPS) is 17.9. The highest BCUT2D eigenvalue weighted by Gasteiger charge is 2.23. The largest absolute Gasteiger partial charge is 0.396 e. The average Bonchev–Trinajstić information content (AvgIpc) is 2.96. The van der Waals surface area contributed by atoms with Gasteiger partial charge in [0, 0.05) is 18.7 Å². The molecule has 82 valence electrons. The van der Waals surface area contributed by atoms with Crippen LogP contribution in [0.15, 0.2) is 0 Å². The summed E-state index contributed by atoms with van der Waals surface area (Å²) >= 11 is 0. The highest BCUT2D eigenvalue weighted by molar-refractivity contribution is 5.78. The summed E-state index contributed by atoms with van der Waals surface area (Å²) in [5, 5.41) is 14.8. The van der Waals surface area contributed by atoms with Crippen molar-refractivity contribution in [3.63, 3.8) is 0 Å². The minimum absolute atomic E-state index is 0.0730. The van der Waals surface area contributed by atoms with E-state index in [4.69, 9.17) is 5.11 Å². The van der Waals surface area contributed by atoms with E-state index in [0.717, 1.165) is 19.3 Å². The number of carbonyl (C=O) groups excluding carboxylic acids is 1. The van der Waals surface area contributed by atoms with Gasteiger partial charge < -0.3 is 15.7 Å². The molecule has 0 radical (unpaired) electrons. The van der Waals surface area contributed by atoms with Crippen LogP contribution in [0.2, 0.25) is 0 Å². The number of hydrogen-bond acceptors (Lipinski definition) is 3. The fourth-order valence-corrected chi connectivity index (χ4v) is 1.35. The Balaban J connectivity index is 2.06. The third-order valence-electron chi connectivity index (χ3n) is 2.46. The van der Waals surface area contributed by atoms with Crippen LogP contribution in [-0.4, -0.2) is 36.2 Å². The van der Waals surface area contributed by atoms with Crippen LogP contribution in [0.5, 0.6) is 0 Å². The Hall–Kier alpha value is -0.610. The van der Waals surface area contributed by atoms with Crippen molar-refractivity contribution in [2.75, 3.05) is 13.2 Å². The maximum absolute atomic E-state index is 11.3. The minimum Gasteiger partial charge on any atom is -0.396 e. The summed E-state index contributed by atoms with van der Waals surface area (Å²) in [6.45, 7) is 2.59. The lowest BCUT2D eigenvalue weighted by atomic mass is 10.1. The minimum atomic E-state index is 0.0730. The van der Waals surface area contributed by atoms with Crippen molar-refractivity contribution < 1.29 is 9.90 Å². The van der Waals surface area contributed by atoms with E-state index in [1.807, 2.05) is 6.92 Å². The predicted octanol–water partition coefficient (Wildman–Crippen LogP) is 0.0156. The van der Waals surface area contributed by atoms with Crippen LogP contribution in [0.4, 0.5) is 0 Å². The number of nitrogens with one attached hydrogen (secondary N) is 2. The molecule has 1 unspecified atom stereocenters. The highest BCUT2D eigenvalue weighted by Crippen LogP contribution is 2.18. The van der Waals surface area contributed by atoms with Gasteiger partial charge in [-0.3, -0.25) is 4.79 Å². The lowest BCUT2D eigenvalue weighted by Crippen LogP contribution is -2.40. The standard InChI is InChI=1S/C10H20N2O2/c1-2-8(5-6-13)11-7-10(14)12-9-3-4-9/h8-9,11,13H,2-7H2,1H3,(H,12,14). The Bertz CT molecular complexity index is 181. The quantitative estimate of drug-likeness (QED) is 0.543. The topological polar surface area (TPSA) is 61.4 Å². The molecule has 4 heteroatoms. The number of hydrogen-bond donors (Lipinski definition) is 3. The molecular weight excluding hydrogens is 180 g/mol. The van der Waals surface area contributed by atoms with E-state index < -0.39 is 0 Å². The third-order valence-corrected chi connectivity index (χ3v) is 2.46. The van der Waals surface area contributed by atoms with Gasteiger partial charge in [-0.25, -0.2) is 0 Å². The number of rotatable bonds is 7. The van der Waals surface area contributed by atoms with Gasteiger partial charge in [0.1, 0.15) is 0 Å². The lowest BCUT2D eigenvalue weighted by molar-refractivity contribution is -0.120. The van der Waals surface area contributed by atoms with E-state index in [-0.39, 0.29) is 18.6 Å². The summed E-state index contributed by atoms with van der Waals surface area (Å²) in [6, 6.07) is 0.687. The van der Waals surface area contributed by atoms with E-state index in [2.05, 4.69) is 10.6 Å². The molecule has 0 heterocycles. The molecule has 0 spiro atoms. The van der Waals surface area contributed by atoms with Crippen molar-refractivity contribution in [3.05, 3.63) is 0 Å². The van der Waals surface area contributed by atoms with Gasteiger partial charge in [-0.1, -0.05) is 6.92 Å². The predicted molar refractivity (Wildman–Crippen MR) is 54.9 cm³/mol. The first-order valence-corrected chi connectivity index (χ1v) is 5.39. The fraction of sp³-hybridized carbons (Fsp3) is 0.900.